The number of hydrogen-bond acceptors (Lipinski definition) is 5. The van der Waals surface area contributed by atoms with Gasteiger partial charge in [-0.3, -0.25) is 14.8 Å². The van der Waals surface area contributed by atoms with Crippen LogP contribution in [0.2, 0.25) is 0 Å². The number of likely N-dealkylation sites (tertiary alicyclic amines) is 1. The molecular weight excluding hydrogens is 462 g/mol. The standard InChI is InChI=1S/C30H35N5O2/c1-26(2)29(7)27(3,4)35(19-31)28(5,6)30(26,29)34(8)25(36)23-18-22(32-33-23)21-16-12-13-17-24(21)37-20-14-10-9-11-15-20/h9-18H,1-8H3,(H,32,33)/t29-,30-/m0/s1. The Morgan fingerprint density at radius 1 is 0.973 bits per heavy atom. The van der Waals surface area contributed by atoms with E-state index in [4.69, 9.17) is 4.74 Å². The number of nitriles is 1. The molecule has 2 heterocycles. The maximum atomic E-state index is 14.0. The normalized spacial score (nSPS) is 26.2. The fourth-order valence-electron chi connectivity index (χ4n) is 8.44. The van der Waals surface area contributed by atoms with Crippen LogP contribution in [0, 0.1) is 22.3 Å². The minimum Gasteiger partial charge on any atom is -0.457 e. The van der Waals surface area contributed by atoms with Crippen molar-refractivity contribution >= 4 is 5.91 Å². The first-order chi connectivity index (χ1) is 17.3. The first-order valence-corrected chi connectivity index (χ1v) is 12.7. The lowest BCUT2D eigenvalue weighted by molar-refractivity contribution is 0.0133. The quantitative estimate of drug-likeness (QED) is 0.432. The number of fused-ring (bicyclic) bond motifs is 1. The summed E-state index contributed by atoms with van der Waals surface area (Å²) in [5, 5.41) is 17.6. The van der Waals surface area contributed by atoms with E-state index in [9.17, 15) is 10.1 Å². The van der Waals surface area contributed by atoms with Gasteiger partial charge in [0.1, 0.15) is 17.2 Å². The molecule has 2 atom stereocenters. The third-order valence-electron chi connectivity index (χ3n) is 9.89. The number of ether oxygens (including phenoxy) is 1. The molecule has 1 saturated heterocycles. The van der Waals surface area contributed by atoms with Crippen molar-refractivity contribution in [2.75, 3.05) is 7.05 Å². The summed E-state index contributed by atoms with van der Waals surface area (Å²) in [7, 11) is 1.86. The summed E-state index contributed by atoms with van der Waals surface area (Å²) in [6.45, 7) is 15.0. The van der Waals surface area contributed by atoms with E-state index in [1.165, 1.54) is 0 Å². The van der Waals surface area contributed by atoms with E-state index in [0.29, 0.717) is 17.1 Å². The third-order valence-corrected chi connectivity index (χ3v) is 9.89. The van der Waals surface area contributed by atoms with Gasteiger partial charge in [-0.15, -0.1) is 0 Å². The molecular formula is C30H35N5O2. The van der Waals surface area contributed by atoms with Crippen LogP contribution in [0.25, 0.3) is 11.3 Å². The first kappa shape index (κ1) is 24.9. The Balaban J connectivity index is 1.50. The molecule has 3 aromatic rings. The predicted molar refractivity (Wildman–Crippen MR) is 143 cm³/mol. The second-order valence-corrected chi connectivity index (χ2v) is 12.0. The number of nitrogens with zero attached hydrogens (tertiary/aromatic N) is 4. The number of amides is 1. The topological polar surface area (TPSA) is 85.2 Å². The van der Waals surface area contributed by atoms with Crippen molar-refractivity contribution in [2.45, 2.75) is 65.1 Å². The van der Waals surface area contributed by atoms with E-state index in [1.54, 1.807) is 6.07 Å². The second-order valence-electron chi connectivity index (χ2n) is 12.0. The summed E-state index contributed by atoms with van der Waals surface area (Å²) >= 11 is 0. The summed E-state index contributed by atoms with van der Waals surface area (Å²) in [6.07, 6.45) is 2.44. The number of benzene rings is 2. The molecule has 2 fully saturated rings. The highest BCUT2D eigenvalue weighted by Gasteiger charge is 2.96. The SMILES string of the molecule is CN(C(=O)c1cc(-c2ccccc2Oc2ccccc2)n[nH]1)[C@@]12C(C)(C)N(C#N)C(C)(C)[C@]1(C)C2(C)C. The number of likely N-dealkylation sites (N-methyl/N-ethyl adjacent to an activating group) is 1. The molecule has 1 N–H and O–H groups in total. The lowest BCUT2D eigenvalue weighted by Gasteiger charge is -2.48. The molecule has 1 aromatic heterocycles. The van der Waals surface area contributed by atoms with E-state index in [-0.39, 0.29) is 16.7 Å². The zero-order valence-corrected chi connectivity index (χ0v) is 22.9. The fourth-order valence-corrected chi connectivity index (χ4v) is 8.44. The van der Waals surface area contributed by atoms with Crippen LogP contribution >= 0.6 is 0 Å². The second kappa shape index (κ2) is 7.61. The Hall–Kier alpha value is -3.79. The molecule has 2 aliphatic rings. The van der Waals surface area contributed by atoms with Crippen molar-refractivity contribution < 1.29 is 9.53 Å². The van der Waals surface area contributed by atoms with E-state index in [1.807, 2.05) is 71.4 Å². The minimum absolute atomic E-state index is 0.152. The van der Waals surface area contributed by atoms with Gasteiger partial charge in [0.15, 0.2) is 6.19 Å². The number of hydrogen-bond donors (Lipinski definition) is 1. The van der Waals surface area contributed by atoms with E-state index >= 15 is 0 Å². The fraction of sp³-hybridized carbons (Fsp3) is 0.433. The van der Waals surface area contributed by atoms with Crippen molar-refractivity contribution in [3.8, 4) is 28.9 Å². The molecule has 5 rings (SSSR count). The van der Waals surface area contributed by atoms with Crippen LogP contribution < -0.4 is 4.74 Å². The molecule has 1 aliphatic heterocycles. The summed E-state index contributed by atoms with van der Waals surface area (Å²) < 4.78 is 6.11. The number of carbonyl (C=O) groups is 1. The van der Waals surface area contributed by atoms with Crippen LogP contribution in [0.4, 0.5) is 0 Å². The molecule has 37 heavy (non-hydrogen) atoms. The zero-order chi connectivity index (χ0) is 27.0. The molecule has 0 radical (unpaired) electrons. The van der Waals surface area contributed by atoms with Gasteiger partial charge in [-0.2, -0.15) is 10.4 Å². The third kappa shape index (κ3) is 2.76. The number of aromatic amines is 1. The monoisotopic (exact) mass is 497 g/mol. The van der Waals surface area contributed by atoms with Crippen molar-refractivity contribution in [3.63, 3.8) is 0 Å². The Bertz CT molecular complexity index is 1420. The molecule has 1 aliphatic carbocycles. The summed E-state index contributed by atoms with van der Waals surface area (Å²) in [5.74, 6) is 1.23. The van der Waals surface area contributed by atoms with Gasteiger partial charge in [-0.25, -0.2) is 0 Å². The number of rotatable bonds is 5. The van der Waals surface area contributed by atoms with Crippen LogP contribution in [-0.2, 0) is 0 Å². The van der Waals surface area contributed by atoms with Gasteiger partial charge in [-0.1, -0.05) is 51.1 Å². The summed E-state index contributed by atoms with van der Waals surface area (Å²) in [5.41, 5.74) is -0.290. The smallest absolute Gasteiger partial charge is 0.272 e. The molecule has 0 unspecified atom stereocenters. The van der Waals surface area contributed by atoms with E-state index in [0.717, 1.165) is 11.3 Å². The molecule has 1 amide bonds. The lowest BCUT2D eigenvalue weighted by Crippen LogP contribution is -2.61. The van der Waals surface area contributed by atoms with Gasteiger partial charge in [0, 0.05) is 23.4 Å². The highest BCUT2D eigenvalue weighted by Crippen LogP contribution is 2.86. The number of carbonyl (C=O) groups excluding carboxylic acids is 1. The molecule has 0 bridgehead atoms. The number of H-pyrrole nitrogens is 1. The Morgan fingerprint density at radius 2 is 1.59 bits per heavy atom. The van der Waals surface area contributed by atoms with Crippen LogP contribution in [0.3, 0.4) is 0 Å². The van der Waals surface area contributed by atoms with Crippen molar-refractivity contribution in [3.05, 3.63) is 66.4 Å². The highest BCUT2D eigenvalue weighted by atomic mass is 16.5. The van der Waals surface area contributed by atoms with Gasteiger partial charge in [0.2, 0.25) is 0 Å². The summed E-state index contributed by atoms with van der Waals surface area (Å²) in [4.78, 5) is 17.8. The van der Waals surface area contributed by atoms with Gasteiger partial charge >= 0.3 is 0 Å². The molecule has 7 heteroatoms. The number of piperidine rings is 1. The van der Waals surface area contributed by atoms with Crippen LogP contribution in [-0.4, -0.2) is 49.6 Å². The van der Waals surface area contributed by atoms with Crippen molar-refractivity contribution in [1.82, 2.24) is 20.0 Å². The van der Waals surface area contributed by atoms with Crippen LogP contribution in [0.5, 0.6) is 11.5 Å². The van der Waals surface area contributed by atoms with Gasteiger partial charge in [-0.05, 0) is 58.0 Å². The molecule has 192 valence electrons. The van der Waals surface area contributed by atoms with Gasteiger partial charge < -0.3 is 9.64 Å². The largest absolute Gasteiger partial charge is 0.457 e. The van der Waals surface area contributed by atoms with E-state index < -0.39 is 16.6 Å². The number of para-hydroxylation sites is 2. The summed E-state index contributed by atoms with van der Waals surface area (Å²) in [6, 6.07) is 19.0. The van der Waals surface area contributed by atoms with Gasteiger partial charge in [0.05, 0.1) is 22.3 Å². The maximum absolute atomic E-state index is 14.0. The Kier molecular flexibility index (Phi) is 5.12. The molecule has 7 nitrogen and oxygen atoms in total. The van der Waals surface area contributed by atoms with Gasteiger partial charge in [0.25, 0.3) is 5.91 Å². The first-order valence-electron chi connectivity index (χ1n) is 12.7. The van der Waals surface area contributed by atoms with Crippen LogP contribution in [0.1, 0.15) is 59.0 Å². The van der Waals surface area contributed by atoms with Crippen LogP contribution in [0.15, 0.2) is 60.7 Å². The molecule has 2 aromatic carbocycles. The van der Waals surface area contributed by atoms with E-state index in [2.05, 4.69) is 64.9 Å². The Morgan fingerprint density at radius 3 is 2.24 bits per heavy atom. The Labute approximate surface area is 219 Å². The average molecular weight is 498 g/mol. The average Bonchev–Trinajstić information content (AvgIpc) is 3.14. The maximum Gasteiger partial charge on any atom is 0.272 e. The number of nitrogens with one attached hydrogen (secondary N) is 1. The molecule has 1 saturated carbocycles. The highest BCUT2D eigenvalue weighted by molar-refractivity contribution is 5.95. The predicted octanol–water partition coefficient (Wildman–Crippen LogP) is 6.08. The number of aromatic nitrogens is 2. The van der Waals surface area contributed by atoms with Crippen molar-refractivity contribution in [1.29, 1.82) is 5.26 Å². The lowest BCUT2D eigenvalue weighted by atomic mass is 9.79. The molecule has 0 spiro atoms. The zero-order valence-electron chi connectivity index (χ0n) is 22.9. The minimum atomic E-state index is -0.577. The van der Waals surface area contributed by atoms with Crippen molar-refractivity contribution in [2.24, 2.45) is 10.8 Å².